The fourth-order valence-electron chi connectivity index (χ4n) is 1.44. The van der Waals surface area contributed by atoms with Crippen molar-refractivity contribution in [2.24, 2.45) is 0 Å². The van der Waals surface area contributed by atoms with Crippen molar-refractivity contribution in [3.63, 3.8) is 0 Å². The van der Waals surface area contributed by atoms with E-state index in [1.807, 2.05) is 0 Å². The highest BCUT2D eigenvalue weighted by Gasteiger charge is 2.08. The van der Waals surface area contributed by atoms with Crippen LogP contribution >= 0.6 is 0 Å². The fraction of sp³-hybridized carbons (Fsp3) is 0.385. The van der Waals surface area contributed by atoms with Crippen LogP contribution < -0.4 is 15.8 Å². The maximum Gasteiger partial charge on any atom is 0.302 e. The number of amides is 1. The highest BCUT2D eigenvalue weighted by Crippen LogP contribution is 2.21. The summed E-state index contributed by atoms with van der Waals surface area (Å²) >= 11 is 0. The summed E-state index contributed by atoms with van der Waals surface area (Å²) in [6.45, 7) is 2.07. The van der Waals surface area contributed by atoms with Crippen LogP contribution in [0.2, 0.25) is 0 Å². The van der Waals surface area contributed by atoms with Gasteiger partial charge in [-0.1, -0.05) is 0 Å². The zero-order valence-corrected chi connectivity index (χ0v) is 11.1. The Balaban J connectivity index is 2.43. The van der Waals surface area contributed by atoms with Crippen LogP contribution in [0.3, 0.4) is 0 Å². The van der Waals surface area contributed by atoms with E-state index in [2.05, 4.69) is 5.32 Å². The molecule has 0 aliphatic heterocycles. The largest absolute Gasteiger partial charge is 0.495 e. The summed E-state index contributed by atoms with van der Waals surface area (Å²) < 4.78 is 9.80. The normalized spacial score (nSPS) is 9.79. The number of carbonyl (C=O) groups is 2. The van der Waals surface area contributed by atoms with Gasteiger partial charge >= 0.3 is 5.97 Å². The van der Waals surface area contributed by atoms with E-state index in [1.165, 1.54) is 14.0 Å². The molecule has 0 aliphatic rings. The summed E-state index contributed by atoms with van der Waals surface area (Å²) in [6.07, 6.45) is 0.567. The number of nitrogen functional groups attached to an aromatic ring is 1. The number of nitrogens with one attached hydrogen (secondary N) is 1. The standard InChI is InChI=1S/C13H18N2O4/c1-9(16)19-7-3-6-15-13(17)10-4-5-11(14)12(8-10)18-2/h4-5,8H,3,6-7,14H2,1-2H3,(H,15,17). The summed E-state index contributed by atoms with van der Waals surface area (Å²) in [5.41, 5.74) is 6.61. The van der Waals surface area contributed by atoms with Crippen LogP contribution in [-0.2, 0) is 9.53 Å². The van der Waals surface area contributed by atoms with Gasteiger partial charge in [-0.3, -0.25) is 9.59 Å². The van der Waals surface area contributed by atoms with Gasteiger partial charge in [-0.25, -0.2) is 0 Å². The molecule has 1 amide bonds. The first kappa shape index (κ1) is 14.8. The lowest BCUT2D eigenvalue weighted by atomic mass is 10.2. The maximum absolute atomic E-state index is 11.8. The second kappa shape index (κ2) is 7.25. The van der Waals surface area contributed by atoms with Crippen molar-refractivity contribution in [2.45, 2.75) is 13.3 Å². The Hall–Kier alpha value is -2.24. The van der Waals surface area contributed by atoms with E-state index in [4.69, 9.17) is 15.2 Å². The Bertz CT molecular complexity index is 460. The molecule has 19 heavy (non-hydrogen) atoms. The lowest BCUT2D eigenvalue weighted by Gasteiger charge is -2.08. The number of rotatable bonds is 6. The first-order valence-corrected chi connectivity index (χ1v) is 5.89. The molecule has 6 heteroatoms. The van der Waals surface area contributed by atoms with Gasteiger partial charge in [0.25, 0.3) is 5.91 Å². The molecular formula is C13H18N2O4. The molecule has 3 N–H and O–H groups in total. The first-order chi connectivity index (χ1) is 9.04. The second-order valence-electron chi connectivity index (χ2n) is 3.91. The van der Waals surface area contributed by atoms with Gasteiger partial charge in [-0.05, 0) is 24.6 Å². The topological polar surface area (TPSA) is 90.6 Å². The van der Waals surface area contributed by atoms with Gasteiger partial charge in [0.1, 0.15) is 5.75 Å². The minimum absolute atomic E-state index is 0.221. The molecule has 0 spiro atoms. The van der Waals surface area contributed by atoms with E-state index >= 15 is 0 Å². The average Bonchev–Trinajstić information content (AvgIpc) is 2.38. The minimum Gasteiger partial charge on any atom is -0.495 e. The predicted octanol–water partition coefficient (Wildman–Crippen LogP) is 0.960. The zero-order valence-electron chi connectivity index (χ0n) is 11.1. The molecule has 104 valence electrons. The smallest absolute Gasteiger partial charge is 0.302 e. The highest BCUT2D eigenvalue weighted by atomic mass is 16.5. The molecule has 0 bridgehead atoms. The molecule has 0 saturated carbocycles. The van der Waals surface area contributed by atoms with E-state index in [9.17, 15) is 9.59 Å². The molecule has 0 atom stereocenters. The van der Waals surface area contributed by atoms with Crippen LogP contribution in [-0.4, -0.2) is 32.1 Å². The van der Waals surface area contributed by atoms with Crippen molar-refractivity contribution in [3.8, 4) is 5.75 Å². The number of methoxy groups -OCH3 is 1. The summed E-state index contributed by atoms with van der Waals surface area (Å²) in [4.78, 5) is 22.3. The molecular weight excluding hydrogens is 248 g/mol. The third-order valence-electron chi connectivity index (χ3n) is 2.41. The van der Waals surface area contributed by atoms with E-state index in [-0.39, 0.29) is 11.9 Å². The van der Waals surface area contributed by atoms with Gasteiger partial charge in [0.05, 0.1) is 19.4 Å². The Morgan fingerprint density at radius 1 is 1.37 bits per heavy atom. The van der Waals surface area contributed by atoms with Crippen LogP contribution in [0.15, 0.2) is 18.2 Å². The van der Waals surface area contributed by atoms with E-state index in [1.54, 1.807) is 18.2 Å². The van der Waals surface area contributed by atoms with Gasteiger partial charge in [0.15, 0.2) is 0 Å². The second-order valence-corrected chi connectivity index (χ2v) is 3.91. The minimum atomic E-state index is -0.324. The maximum atomic E-state index is 11.8. The molecule has 1 aromatic carbocycles. The number of hydrogen-bond acceptors (Lipinski definition) is 5. The molecule has 0 saturated heterocycles. The molecule has 0 radical (unpaired) electrons. The lowest BCUT2D eigenvalue weighted by Crippen LogP contribution is -2.25. The quantitative estimate of drug-likeness (QED) is 0.454. The predicted molar refractivity (Wildman–Crippen MR) is 71.0 cm³/mol. The molecule has 1 rings (SSSR count). The summed E-state index contributed by atoms with van der Waals surface area (Å²) in [6, 6.07) is 4.82. The van der Waals surface area contributed by atoms with Crippen molar-refractivity contribution < 1.29 is 19.1 Å². The molecule has 6 nitrogen and oxygen atoms in total. The summed E-state index contributed by atoms with van der Waals surface area (Å²) in [5.74, 6) is -0.0803. The van der Waals surface area contributed by atoms with Gasteiger partial charge in [-0.2, -0.15) is 0 Å². The SMILES string of the molecule is COc1cc(C(=O)NCCCOC(C)=O)ccc1N. The molecule has 0 aliphatic carbocycles. The van der Waals surface area contributed by atoms with Gasteiger partial charge in [-0.15, -0.1) is 0 Å². The third-order valence-corrected chi connectivity index (χ3v) is 2.41. The summed E-state index contributed by atoms with van der Waals surface area (Å²) in [5, 5.41) is 2.72. The number of anilines is 1. The number of carbonyl (C=O) groups excluding carboxylic acids is 2. The first-order valence-electron chi connectivity index (χ1n) is 5.89. The number of ether oxygens (including phenoxy) is 2. The lowest BCUT2D eigenvalue weighted by molar-refractivity contribution is -0.140. The monoisotopic (exact) mass is 266 g/mol. The van der Waals surface area contributed by atoms with Crippen LogP contribution in [0.1, 0.15) is 23.7 Å². The van der Waals surface area contributed by atoms with Crippen LogP contribution in [0.25, 0.3) is 0 Å². The fourth-order valence-corrected chi connectivity index (χ4v) is 1.44. The molecule has 0 heterocycles. The molecule has 0 fully saturated rings. The van der Waals surface area contributed by atoms with Crippen LogP contribution in [0, 0.1) is 0 Å². The van der Waals surface area contributed by atoms with Gasteiger partial charge in [0, 0.05) is 19.0 Å². The number of benzene rings is 1. The van der Waals surface area contributed by atoms with E-state index in [0.717, 1.165) is 0 Å². The van der Waals surface area contributed by atoms with Crippen molar-refractivity contribution >= 4 is 17.6 Å². The van der Waals surface area contributed by atoms with Crippen LogP contribution in [0.4, 0.5) is 5.69 Å². The zero-order chi connectivity index (χ0) is 14.3. The number of hydrogen-bond donors (Lipinski definition) is 2. The molecule has 1 aromatic rings. The third kappa shape index (κ3) is 4.87. The van der Waals surface area contributed by atoms with Crippen LogP contribution in [0.5, 0.6) is 5.75 Å². The average molecular weight is 266 g/mol. The van der Waals surface area contributed by atoms with E-state index < -0.39 is 0 Å². The Morgan fingerprint density at radius 2 is 2.11 bits per heavy atom. The number of nitrogens with two attached hydrogens (primary N) is 1. The van der Waals surface area contributed by atoms with Crippen molar-refractivity contribution in [2.75, 3.05) is 26.0 Å². The highest BCUT2D eigenvalue weighted by molar-refractivity contribution is 5.95. The van der Waals surface area contributed by atoms with Gasteiger partial charge in [0.2, 0.25) is 0 Å². The Labute approximate surface area is 111 Å². The van der Waals surface area contributed by atoms with Crippen molar-refractivity contribution in [3.05, 3.63) is 23.8 Å². The van der Waals surface area contributed by atoms with Crippen molar-refractivity contribution in [1.29, 1.82) is 0 Å². The van der Waals surface area contributed by atoms with Gasteiger partial charge < -0.3 is 20.5 Å². The number of esters is 1. The summed E-state index contributed by atoms with van der Waals surface area (Å²) in [7, 11) is 1.49. The molecule has 0 aromatic heterocycles. The Morgan fingerprint density at radius 3 is 2.74 bits per heavy atom. The van der Waals surface area contributed by atoms with Crippen molar-refractivity contribution in [1.82, 2.24) is 5.32 Å². The Kier molecular flexibility index (Phi) is 5.66. The molecule has 0 unspecified atom stereocenters. The van der Waals surface area contributed by atoms with E-state index in [0.29, 0.717) is 36.6 Å².